The molecule has 0 saturated carbocycles. The van der Waals surface area contributed by atoms with Crippen molar-refractivity contribution in [3.63, 3.8) is 0 Å². The Labute approximate surface area is 493 Å². The molecular formula is C81H51NOS. The molecule has 0 bridgehead atoms. The second-order valence-corrected chi connectivity index (χ2v) is 24.0. The Morgan fingerprint density at radius 3 is 1.17 bits per heavy atom. The molecule has 3 aliphatic carbocycles. The van der Waals surface area contributed by atoms with Gasteiger partial charge in [-0.2, -0.15) is 0 Å². The number of hydrogen-bond donors (Lipinski definition) is 0. The minimum Gasteiger partial charge on any atom is -0.457 e. The summed E-state index contributed by atoms with van der Waals surface area (Å²) in [5, 5.41) is 0. The van der Waals surface area contributed by atoms with Crippen LogP contribution in [-0.2, 0) is 16.2 Å². The van der Waals surface area contributed by atoms with Gasteiger partial charge in [0.1, 0.15) is 11.5 Å². The highest BCUT2D eigenvalue weighted by Crippen LogP contribution is 2.65. The smallest absolute Gasteiger partial charge is 0.132 e. The number of para-hydroxylation sites is 3. The topological polar surface area (TPSA) is 12.5 Å². The highest BCUT2D eigenvalue weighted by atomic mass is 32.2. The molecule has 2 nitrogen and oxygen atoms in total. The lowest BCUT2D eigenvalue weighted by Crippen LogP contribution is -2.32. The average Bonchev–Trinajstić information content (AvgIpc) is 1.57. The summed E-state index contributed by atoms with van der Waals surface area (Å²) in [5.74, 6) is 1.77. The number of fused-ring (bicyclic) bond motifs is 21. The number of nitrogens with zero attached hydrogens (tertiary/aromatic N) is 1. The molecule has 5 aliphatic rings. The Bertz CT molecular complexity index is 4560. The van der Waals surface area contributed by atoms with Gasteiger partial charge in [-0.1, -0.05) is 260 Å². The number of hydrogen-bond acceptors (Lipinski definition) is 3. The van der Waals surface area contributed by atoms with Crippen LogP contribution in [0, 0.1) is 0 Å². The second-order valence-electron chi connectivity index (χ2n) is 22.9. The number of rotatable bonds is 6. The third-order valence-corrected chi connectivity index (χ3v) is 20.2. The molecule has 3 heteroatoms. The SMILES string of the molecule is c1ccc(C2(c3ccccc3)c3ccccc3-c3ccc(-c4ccccc4N(c4ccc5c(c4)-c4ccccc4C54c5ccccc5Oc5ccccc54)c4ccc5c(c4)-c4ccccc4C54c5ccccc5Sc5ccccc54)cc32)cc1. The highest BCUT2D eigenvalue weighted by Gasteiger charge is 2.53. The van der Waals surface area contributed by atoms with Crippen LogP contribution in [0.15, 0.2) is 319 Å². The molecule has 2 aliphatic heterocycles. The van der Waals surface area contributed by atoms with Crippen molar-refractivity contribution in [3.05, 3.63) is 376 Å². The van der Waals surface area contributed by atoms with Crippen LogP contribution >= 0.6 is 11.8 Å². The summed E-state index contributed by atoms with van der Waals surface area (Å²) in [6.07, 6.45) is 0. The first-order valence-electron chi connectivity index (χ1n) is 29.1. The van der Waals surface area contributed by atoms with Gasteiger partial charge in [0.2, 0.25) is 0 Å². The fourth-order valence-electron chi connectivity index (χ4n) is 15.9. The van der Waals surface area contributed by atoms with Gasteiger partial charge in [0.15, 0.2) is 0 Å². The van der Waals surface area contributed by atoms with E-state index in [9.17, 15) is 0 Å². The van der Waals surface area contributed by atoms with E-state index in [1.54, 1.807) is 0 Å². The third kappa shape index (κ3) is 6.21. The van der Waals surface area contributed by atoms with Crippen molar-refractivity contribution < 1.29 is 4.74 Å². The maximum absolute atomic E-state index is 6.77. The van der Waals surface area contributed by atoms with Gasteiger partial charge in [-0.25, -0.2) is 0 Å². The maximum atomic E-state index is 6.77. The van der Waals surface area contributed by atoms with E-state index in [-0.39, 0.29) is 0 Å². The van der Waals surface area contributed by atoms with Crippen molar-refractivity contribution in [2.24, 2.45) is 0 Å². The molecule has 13 aromatic carbocycles. The van der Waals surface area contributed by atoms with Gasteiger partial charge in [0.25, 0.3) is 0 Å². The largest absolute Gasteiger partial charge is 0.457 e. The van der Waals surface area contributed by atoms with Gasteiger partial charge in [0.05, 0.1) is 21.9 Å². The van der Waals surface area contributed by atoms with E-state index in [4.69, 9.17) is 4.74 Å². The minimum atomic E-state index is -0.596. The zero-order valence-electron chi connectivity index (χ0n) is 45.7. The summed E-state index contributed by atoms with van der Waals surface area (Å²) in [6.45, 7) is 0. The standard InChI is InChI=1S/C81H51NOS/c1-3-23-53(24-4-1)79(54-25-5-2-6-26-54)64-31-11-7-28-58(64)61-46-43-52(49-73(61)79)57-27-10-18-38-74(57)82(55-44-47-67-62(50-55)59-29-8-12-32-65(59)80(67)69-34-14-19-39-75(69)83-76-40-20-15-35-70(76)80)56-45-48-68-63(51-56)60-30-9-13-33-66(60)81(68)71-36-16-21-41-77(71)84-78-42-22-17-37-72(78)81/h1-51H. The molecule has 392 valence electrons. The molecule has 0 atom stereocenters. The Morgan fingerprint density at radius 2 is 0.631 bits per heavy atom. The van der Waals surface area contributed by atoms with Crippen molar-refractivity contribution in [1.82, 2.24) is 0 Å². The average molecular weight is 1090 g/mol. The monoisotopic (exact) mass is 1090 g/mol. The van der Waals surface area contributed by atoms with Crippen molar-refractivity contribution in [1.29, 1.82) is 0 Å². The molecule has 0 saturated heterocycles. The normalized spacial score (nSPS) is 14.8. The first-order valence-corrected chi connectivity index (χ1v) is 30.0. The zero-order valence-corrected chi connectivity index (χ0v) is 46.5. The molecule has 84 heavy (non-hydrogen) atoms. The minimum absolute atomic E-state index is 0.500. The lowest BCUT2D eigenvalue weighted by atomic mass is 9.66. The Balaban J connectivity index is 0.898. The quantitative estimate of drug-likeness (QED) is 0.165. The van der Waals surface area contributed by atoms with Gasteiger partial charge in [0, 0.05) is 37.9 Å². The summed E-state index contributed by atoms with van der Waals surface area (Å²) in [7, 11) is 0. The summed E-state index contributed by atoms with van der Waals surface area (Å²) in [5.41, 5.74) is 26.5. The lowest BCUT2D eigenvalue weighted by molar-refractivity contribution is 0.436. The first-order chi connectivity index (χ1) is 41.7. The predicted octanol–water partition coefficient (Wildman–Crippen LogP) is 20.5. The van der Waals surface area contributed by atoms with Crippen LogP contribution in [0.3, 0.4) is 0 Å². The molecule has 0 N–H and O–H groups in total. The fourth-order valence-corrected chi connectivity index (χ4v) is 17.1. The fraction of sp³-hybridized carbons (Fsp3) is 0.0370. The van der Waals surface area contributed by atoms with E-state index in [2.05, 4.69) is 314 Å². The Kier molecular flexibility index (Phi) is 10.1. The molecule has 2 heterocycles. The van der Waals surface area contributed by atoms with Crippen LogP contribution in [0.5, 0.6) is 11.5 Å². The van der Waals surface area contributed by atoms with Gasteiger partial charge in [-0.3, -0.25) is 0 Å². The Morgan fingerprint density at radius 1 is 0.250 bits per heavy atom. The van der Waals surface area contributed by atoms with Gasteiger partial charge < -0.3 is 9.64 Å². The van der Waals surface area contributed by atoms with E-state index in [0.29, 0.717) is 0 Å². The summed E-state index contributed by atoms with van der Waals surface area (Å²) >= 11 is 1.89. The molecule has 0 radical (unpaired) electrons. The molecule has 13 aromatic rings. The molecule has 2 spiro atoms. The van der Waals surface area contributed by atoms with E-state index in [1.165, 1.54) is 98.8 Å². The maximum Gasteiger partial charge on any atom is 0.132 e. The first kappa shape index (κ1) is 47.4. The third-order valence-electron chi connectivity index (χ3n) is 19.1. The van der Waals surface area contributed by atoms with Crippen LogP contribution in [0.1, 0.15) is 66.8 Å². The van der Waals surface area contributed by atoms with Gasteiger partial charge in [-0.05, 0) is 155 Å². The van der Waals surface area contributed by atoms with E-state index in [1.807, 2.05) is 11.8 Å². The second kappa shape index (κ2) is 17.9. The van der Waals surface area contributed by atoms with E-state index < -0.39 is 16.2 Å². The molecule has 0 aromatic heterocycles. The highest BCUT2D eigenvalue weighted by molar-refractivity contribution is 7.99. The molecule has 0 unspecified atom stereocenters. The van der Waals surface area contributed by atoms with Crippen molar-refractivity contribution in [3.8, 4) is 56.0 Å². The Hall–Kier alpha value is -10.2. The van der Waals surface area contributed by atoms with Crippen molar-refractivity contribution >= 4 is 28.8 Å². The number of benzene rings is 13. The van der Waals surface area contributed by atoms with Crippen LogP contribution in [0.4, 0.5) is 17.1 Å². The summed E-state index contributed by atoms with van der Waals surface area (Å²) in [4.78, 5) is 5.14. The molecule has 0 amide bonds. The van der Waals surface area contributed by atoms with Gasteiger partial charge in [-0.15, -0.1) is 0 Å². The zero-order chi connectivity index (χ0) is 55.1. The molecule has 0 fully saturated rings. The van der Waals surface area contributed by atoms with Gasteiger partial charge >= 0.3 is 0 Å². The van der Waals surface area contributed by atoms with Crippen LogP contribution in [-0.4, -0.2) is 0 Å². The summed E-state index contributed by atoms with van der Waals surface area (Å²) in [6, 6.07) is 116. The number of ether oxygens (including phenoxy) is 1. The summed E-state index contributed by atoms with van der Waals surface area (Å²) < 4.78 is 6.77. The van der Waals surface area contributed by atoms with Crippen LogP contribution in [0.25, 0.3) is 44.5 Å². The van der Waals surface area contributed by atoms with Crippen LogP contribution < -0.4 is 9.64 Å². The van der Waals surface area contributed by atoms with Crippen molar-refractivity contribution in [2.45, 2.75) is 26.0 Å². The number of anilines is 3. The lowest BCUT2D eigenvalue weighted by Gasteiger charge is -2.39. The molecular weight excluding hydrogens is 1030 g/mol. The predicted molar refractivity (Wildman–Crippen MR) is 343 cm³/mol. The van der Waals surface area contributed by atoms with E-state index >= 15 is 0 Å². The van der Waals surface area contributed by atoms with E-state index in [0.717, 1.165) is 50.8 Å². The van der Waals surface area contributed by atoms with Crippen LogP contribution in [0.2, 0.25) is 0 Å². The molecule has 18 rings (SSSR count). The van der Waals surface area contributed by atoms with Crippen molar-refractivity contribution in [2.75, 3.05) is 4.90 Å².